The van der Waals surface area contributed by atoms with Crippen LogP contribution >= 0.6 is 0 Å². The quantitative estimate of drug-likeness (QED) is 0.595. The molecule has 3 rings (SSSR count). The number of hydrogen-bond acceptors (Lipinski definition) is 7. The van der Waals surface area contributed by atoms with Gasteiger partial charge in [-0.05, 0) is 69.6 Å². The number of halogens is 1. The first-order chi connectivity index (χ1) is 14.8. The monoisotopic (exact) mass is 453 g/mol. The highest BCUT2D eigenvalue weighted by atomic mass is 32.2. The first kappa shape index (κ1) is 23.4. The van der Waals surface area contributed by atoms with E-state index < -0.39 is 15.7 Å². The molecule has 0 spiro atoms. The minimum Gasteiger partial charge on any atom is -0.491 e. The fraction of sp³-hybridized carbons (Fsp3) is 0.545. The van der Waals surface area contributed by atoms with Crippen LogP contribution in [0.15, 0.2) is 35.0 Å². The average Bonchev–Trinajstić information content (AvgIpc) is 2.73. The molecule has 0 radical (unpaired) electrons. The average molecular weight is 454 g/mol. The van der Waals surface area contributed by atoms with Crippen molar-refractivity contribution >= 4 is 9.84 Å². The number of sulfone groups is 1. The molecule has 0 aromatic heterocycles. The smallest absolute Gasteiger partial charge is 0.206 e. The van der Waals surface area contributed by atoms with E-state index >= 15 is 0 Å². The molecule has 2 N–H and O–H groups in total. The standard InChI is InChI=1S/C22H32FN3O4S/c1-4-29-19-12-16(13-20(22(19)23)30-5-2)14-26-15-18(31(3,27)28)6-7-21(26)25-17-8-10-24-11-9-17/h6-7,12-13,17,24-25H,4-5,8-11,14-15H2,1-3H3. The Kier molecular flexibility index (Phi) is 7.83. The van der Waals surface area contributed by atoms with Crippen LogP contribution in [0.2, 0.25) is 0 Å². The molecular weight excluding hydrogens is 421 g/mol. The van der Waals surface area contributed by atoms with E-state index in [4.69, 9.17) is 9.47 Å². The van der Waals surface area contributed by atoms with Gasteiger partial charge in [0.2, 0.25) is 5.82 Å². The molecule has 9 heteroatoms. The highest BCUT2D eigenvalue weighted by Crippen LogP contribution is 2.31. The predicted molar refractivity (Wildman–Crippen MR) is 119 cm³/mol. The number of ether oxygens (including phenoxy) is 2. The van der Waals surface area contributed by atoms with Crippen LogP contribution in [0.5, 0.6) is 11.5 Å². The molecule has 0 amide bonds. The summed E-state index contributed by atoms with van der Waals surface area (Å²) in [7, 11) is -3.32. The normalized spacial score (nSPS) is 17.7. The summed E-state index contributed by atoms with van der Waals surface area (Å²) in [5, 5.41) is 6.91. The molecule has 0 bridgehead atoms. The summed E-state index contributed by atoms with van der Waals surface area (Å²) in [6, 6.07) is 3.62. The molecule has 1 aromatic rings. The zero-order valence-corrected chi connectivity index (χ0v) is 19.2. The maximum atomic E-state index is 14.6. The van der Waals surface area contributed by atoms with Crippen LogP contribution in [-0.4, -0.2) is 58.5 Å². The van der Waals surface area contributed by atoms with Crippen LogP contribution in [-0.2, 0) is 16.4 Å². The predicted octanol–water partition coefficient (Wildman–Crippen LogP) is 2.55. The van der Waals surface area contributed by atoms with Gasteiger partial charge in [-0.25, -0.2) is 8.42 Å². The minimum absolute atomic E-state index is 0.135. The van der Waals surface area contributed by atoms with E-state index in [1.807, 2.05) is 11.0 Å². The van der Waals surface area contributed by atoms with Gasteiger partial charge in [0.1, 0.15) is 5.82 Å². The van der Waals surface area contributed by atoms with Gasteiger partial charge >= 0.3 is 0 Å². The van der Waals surface area contributed by atoms with Gasteiger partial charge in [-0.1, -0.05) is 0 Å². The lowest BCUT2D eigenvalue weighted by atomic mass is 10.1. The first-order valence-corrected chi connectivity index (χ1v) is 12.6. The molecule has 0 unspecified atom stereocenters. The third-order valence-electron chi connectivity index (χ3n) is 5.32. The molecule has 1 saturated heterocycles. The number of rotatable bonds is 9. The first-order valence-electron chi connectivity index (χ1n) is 10.7. The number of nitrogens with one attached hydrogen (secondary N) is 2. The van der Waals surface area contributed by atoms with E-state index in [0.717, 1.165) is 37.3 Å². The van der Waals surface area contributed by atoms with E-state index in [1.165, 1.54) is 6.26 Å². The van der Waals surface area contributed by atoms with E-state index in [-0.39, 0.29) is 18.0 Å². The van der Waals surface area contributed by atoms with Gasteiger partial charge in [0.05, 0.1) is 24.7 Å². The maximum Gasteiger partial charge on any atom is 0.206 e. The SMILES string of the molecule is CCOc1cc(CN2CC(S(C)(=O)=O)=CC=C2NC2CCNCC2)cc(OCC)c1F. The number of hydrogen-bond donors (Lipinski definition) is 2. The summed E-state index contributed by atoms with van der Waals surface area (Å²) in [6.45, 7) is 6.78. The third-order valence-corrected chi connectivity index (χ3v) is 6.54. The number of nitrogens with zero attached hydrogens (tertiary/aromatic N) is 1. The van der Waals surface area contributed by atoms with Crippen molar-refractivity contribution in [2.45, 2.75) is 39.3 Å². The van der Waals surface area contributed by atoms with Crippen molar-refractivity contribution in [3.63, 3.8) is 0 Å². The molecule has 2 aliphatic heterocycles. The van der Waals surface area contributed by atoms with E-state index in [9.17, 15) is 12.8 Å². The Morgan fingerprint density at radius 3 is 2.29 bits per heavy atom. The van der Waals surface area contributed by atoms with Crippen LogP contribution in [0.1, 0.15) is 32.3 Å². The zero-order chi connectivity index (χ0) is 22.4. The third kappa shape index (κ3) is 6.13. The highest BCUT2D eigenvalue weighted by Gasteiger charge is 2.25. The van der Waals surface area contributed by atoms with E-state index in [2.05, 4.69) is 10.6 Å². The Morgan fingerprint density at radius 2 is 1.74 bits per heavy atom. The van der Waals surface area contributed by atoms with Crippen molar-refractivity contribution < 1.29 is 22.3 Å². The summed E-state index contributed by atoms with van der Waals surface area (Å²) in [4.78, 5) is 2.32. The van der Waals surface area contributed by atoms with Gasteiger partial charge in [0.15, 0.2) is 21.3 Å². The Balaban J connectivity index is 1.89. The molecule has 0 aliphatic carbocycles. The molecule has 0 saturated carbocycles. The van der Waals surface area contributed by atoms with Gasteiger partial charge in [-0.15, -0.1) is 0 Å². The van der Waals surface area contributed by atoms with Gasteiger partial charge in [0, 0.05) is 18.8 Å². The maximum absolute atomic E-state index is 14.6. The Morgan fingerprint density at radius 1 is 1.13 bits per heavy atom. The van der Waals surface area contributed by atoms with Crippen molar-refractivity contribution in [1.29, 1.82) is 0 Å². The molecule has 0 atom stereocenters. The van der Waals surface area contributed by atoms with Crippen molar-refractivity contribution in [2.24, 2.45) is 0 Å². The van der Waals surface area contributed by atoms with E-state index in [1.54, 1.807) is 32.1 Å². The van der Waals surface area contributed by atoms with Gasteiger partial charge in [0.25, 0.3) is 0 Å². The lowest BCUT2D eigenvalue weighted by Gasteiger charge is -2.35. The number of piperidine rings is 1. The Labute approximate surface area is 184 Å². The summed E-state index contributed by atoms with van der Waals surface area (Å²) >= 11 is 0. The minimum atomic E-state index is -3.32. The zero-order valence-electron chi connectivity index (χ0n) is 18.4. The molecule has 1 fully saturated rings. The molecule has 172 valence electrons. The summed E-state index contributed by atoms with van der Waals surface area (Å²) in [6.07, 6.45) is 6.69. The van der Waals surface area contributed by atoms with Gasteiger partial charge < -0.3 is 25.0 Å². The molecule has 7 nitrogen and oxygen atoms in total. The van der Waals surface area contributed by atoms with Crippen molar-refractivity contribution in [1.82, 2.24) is 15.5 Å². The summed E-state index contributed by atoms with van der Waals surface area (Å²) < 4.78 is 49.9. The summed E-state index contributed by atoms with van der Waals surface area (Å²) in [5.74, 6) is 0.610. The fourth-order valence-electron chi connectivity index (χ4n) is 3.76. The number of benzene rings is 1. The van der Waals surface area contributed by atoms with Crippen molar-refractivity contribution in [3.8, 4) is 11.5 Å². The molecular formula is C22H32FN3O4S. The Hall–Kier alpha value is -2.26. The second-order valence-electron chi connectivity index (χ2n) is 7.75. The lowest BCUT2D eigenvalue weighted by Crippen LogP contribution is -2.44. The van der Waals surface area contributed by atoms with Crippen LogP contribution in [0.3, 0.4) is 0 Å². The summed E-state index contributed by atoms with van der Waals surface area (Å²) in [5.41, 5.74) is 0.779. The second kappa shape index (κ2) is 10.4. The van der Waals surface area contributed by atoms with Crippen molar-refractivity contribution in [2.75, 3.05) is 39.1 Å². The van der Waals surface area contributed by atoms with E-state index in [0.29, 0.717) is 30.7 Å². The molecule has 1 aromatic carbocycles. The topological polar surface area (TPSA) is 79.9 Å². The van der Waals surface area contributed by atoms with Crippen molar-refractivity contribution in [3.05, 3.63) is 46.4 Å². The lowest BCUT2D eigenvalue weighted by molar-refractivity contribution is 0.284. The highest BCUT2D eigenvalue weighted by molar-refractivity contribution is 7.94. The van der Waals surface area contributed by atoms with Crippen LogP contribution < -0.4 is 20.1 Å². The van der Waals surface area contributed by atoms with Gasteiger partial charge in [-0.2, -0.15) is 4.39 Å². The van der Waals surface area contributed by atoms with Crippen LogP contribution in [0.25, 0.3) is 0 Å². The molecule has 2 heterocycles. The Bertz CT molecular complexity index is 913. The molecule has 31 heavy (non-hydrogen) atoms. The van der Waals surface area contributed by atoms with Crippen LogP contribution in [0, 0.1) is 5.82 Å². The van der Waals surface area contributed by atoms with Crippen LogP contribution in [0.4, 0.5) is 4.39 Å². The number of allylic oxidation sites excluding steroid dienone is 2. The van der Waals surface area contributed by atoms with Gasteiger partial charge in [-0.3, -0.25) is 0 Å². The largest absolute Gasteiger partial charge is 0.491 e. The fourth-order valence-corrected chi connectivity index (χ4v) is 4.46. The molecule has 2 aliphatic rings. The second-order valence-corrected chi connectivity index (χ2v) is 9.82.